The topological polar surface area (TPSA) is 157 Å². The molecule has 0 aromatic rings. The number of aliphatic hydroxyl groups is 6. The minimum absolute atomic E-state index is 0.0178. The molecule has 0 aliphatic carbocycles. The van der Waals surface area contributed by atoms with Crippen LogP contribution in [0.15, 0.2) is 48.1 Å². The van der Waals surface area contributed by atoms with E-state index >= 15 is 0 Å². The molecule has 1 aliphatic rings. The Labute approximate surface area is 258 Å². The quantitative estimate of drug-likeness (QED) is 0.195. The van der Waals surface area contributed by atoms with Crippen molar-refractivity contribution >= 4 is 5.97 Å². The molecule has 9 heteroatoms. The first-order chi connectivity index (χ1) is 20.3. The van der Waals surface area contributed by atoms with E-state index in [-0.39, 0.29) is 31.5 Å². The van der Waals surface area contributed by atoms with E-state index in [1.54, 1.807) is 53.0 Å². The number of rotatable bonds is 6. The SMILES string of the molecule is CO[C@@H]1C/C=C\C=C\C[C@H](C)[C@@H](O)[C@H](C)[C@@H](O)[C@H](C)[C@H](O)CC(=O)O[C@H]([C@H](C)[C@H](O)/C=C(C)/C=C/CO)C[C@H](O)CCC1. The molecule has 0 saturated carbocycles. The van der Waals surface area contributed by atoms with Crippen LogP contribution < -0.4 is 0 Å². The summed E-state index contributed by atoms with van der Waals surface area (Å²) in [5, 5.41) is 63.4. The van der Waals surface area contributed by atoms with E-state index in [4.69, 9.17) is 14.6 Å². The summed E-state index contributed by atoms with van der Waals surface area (Å²) in [7, 11) is 1.66. The van der Waals surface area contributed by atoms with Crippen molar-refractivity contribution in [2.45, 2.75) is 122 Å². The lowest BCUT2D eigenvalue weighted by Crippen LogP contribution is -2.42. The van der Waals surface area contributed by atoms with E-state index in [0.29, 0.717) is 25.7 Å². The van der Waals surface area contributed by atoms with E-state index in [2.05, 4.69) is 0 Å². The first-order valence-corrected chi connectivity index (χ1v) is 15.7. The third kappa shape index (κ3) is 14.7. The molecule has 0 bridgehead atoms. The average Bonchev–Trinajstić information content (AvgIpc) is 2.97. The maximum absolute atomic E-state index is 13.0. The van der Waals surface area contributed by atoms with Crippen LogP contribution in [-0.4, -0.2) is 93.1 Å². The van der Waals surface area contributed by atoms with Gasteiger partial charge in [-0.3, -0.25) is 4.79 Å². The normalized spacial score (nSPS) is 36.6. The van der Waals surface area contributed by atoms with Gasteiger partial charge in [0.05, 0.1) is 49.7 Å². The van der Waals surface area contributed by atoms with Crippen molar-refractivity contribution in [2.75, 3.05) is 13.7 Å². The summed E-state index contributed by atoms with van der Waals surface area (Å²) in [5.41, 5.74) is 0.720. The molecule has 0 radical (unpaired) electrons. The van der Waals surface area contributed by atoms with E-state index in [9.17, 15) is 30.3 Å². The van der Waals surface area contributed by atoms with Gasteiger partial charge in [-0.05, 0) is 44.9 Å². The van der Waals surface area contributed by atoms with Crippen LogP contribution in [-0.2, 0) is 14.3 Å². The van der Waals surface area contributed by atoms with Crippen LogP contribution in [0.25, 0.3) is 0 Å². The number of cyclic esters (lactones) is 1. The summed E-state index contributed by atoms with van der Waals surface area (Å²) in [6, 6.07) is 0. The number of methoxy groups -OCH3 is 1. The molecular weight excluding hydrogens is 552 g/mol. The molecule has 0 aromatic carbocycles. The minimum Gasteiger partial charge on any atom is -0.462 e. The molecule has 1 rings (SSSR count). The van der Waals surface area contributed by atoms with Crippen LogP contribution in [0, 0.1) is 23.7 Å². The number of hydrogen-bond donors (Lipinski definition) is 6. The third-order valence-electron chi connectivity index (χ3n) is 8.70. The highest BCUT2D eigenvalue weighted by atomic mass is 16.5. The summed E-state index contributed by atoms with van der Waals surface area (Å²) in [6.45, 7) is 8.64. The maximum atomic E-state index is 13.0. The molecular formula is C34H58O9. The molecule has 1 heterocycles. The van der Waals surface area contributed by atoms with Crippen LogP contribution in [0.3, 0.4) is 0 Å². The fourth-order valence-electron chi connectivity index (χ4n) is 5.42. The Bertz CT molecular complexity index is 898. The smallest absolute Gasteiger partial charge is 0.308 e. The van der Waals surface area contributed by atoms with Crippen molar-refractivity contribution in [2.24, 2.45) is 23.7 Å². The minimum atomic E-state index is -1.22. The first-order valence-electron chi connectivity index (χ1n) is 15.7. The molecule has 43 heavy (non-hydrogen) atoms. The van der Waals surface area contributed by atoms with Crippen LogP contribution in [0.4, 0.5) is 0 Å². The number of esters is 1. The second-order valence-electron chi connectivity index (χ2n) is 12.3. The van der Waals surface area contributed by atoms with E-state index in [0.717, 1.165) is 12.0 Å². The fraction of sp³-hybridized carbons (Fsp3) is 0.735. The Kier molecular flexibility index (Phi) is 19.1. The Morgan fingerprint density at radius 3 is 2.33 bits per heavy atom. The monoisotopic (exact) mass is 610 g/mol. The van der Waals surface area contributed by atoms with Gasteiger partial charge in [0.2, 0.25) is 0 Å². The summed E-state index contributed by atoms with van der Waals surface area (Å²) in [5.74, 6) is -2.68. The number of carbonyl (C=O) groups is 1. The lowest BCUT2D eigenvalue weighted by Gasteiger charge is -2.33. The standard InChI is InChI=1S/C34H58O9/c1-22(13-12-18-35)19-29(37)24(3)31-20-27(36)15-11-17-28(42-6)16-10-8-7-9-14-23(2)33(40)26(5)34(41)25(4)30(38)21-32(39)43-31/h7-10,12-13,19,23-31,33-38,40-41H,11,14-18,20-21H2,1-6H3/b9-7+,10-8-,13-12+,22-19+/t23-,24+,25+,26-,27+,28+,29+,30+,31-,33+,34-/m0/s1. The Morgan fingerprint density at radius 1 is 1.05 bits per heavy atom. The predicted octanol–water partition coefficient (Wildman–Crippen LogP) is 3.61. The highest BCUT2D eigenvalue weighted by Gasteiger charge is 2.35. The van der Waals surface area contributed by atoms with Gasteiger partial charge in [-0.2, -0.15) is 0 Å². The molecule has 0 saturated heterocycles. The van der Waals surface area contributed by atoms with Gasteiger partial charge >= 0.3 is 5.97 Å². The van der Waals surface area contributed by atoms with Gasteiger partial charge in [0.1, 0.15) is 6.10 Å². The molecule has 0 fully saturated rings. The highest BCUT2D eigenvalue weighted by Crippen LogP contribution is 2.27. The van der Waals surface area contributed by atoms with Gasteiger partial charge in [-0.25, -0.2) is 0 Å². The Balaban J connectivity index is 3.21. The fourth-order valence-corrected chi connectivity index (χ4v) is 5.42. The summed E-state index contributed by atoms with van der Waals surface area (Å²) < 4.78 is 11.4. The number of allylic oxidation sites excluding steroid dienone is 5. The molecule has 1 aliphatic heterocycles. The van der Waals surface area contributed by atoms with Crippen molar-refractivity contribution in [3.05, 3.63) is 48.1 Å². The molecule has 6 N–H and O–H groups in total. The van der Waals surface area contributed by atoms with Gasteiger partial charge in [0.15, 0.2) is 0 Å². The van der Waals surface area contributed by atoms with Gasteiger partial charge in [-0.1, -0.05) is 75.8 Å². The third-order valence-corrected chi connectivity index (χ3v) is 8.70. The second-order valence-corrected chi connectivity index (χ2v) is 12.3. The first kappa shape index (κ1) is 39.2. The zero-order valence-corrected chi connectivity index (χ0v) is 27.0. The molecule has 0 amide bonds. The van der Waals surface area contributed by atoms with Crippen LogP contribution in [0.2, 0.25) is 0 Å². The zero-order chi connectivity index (χ0) is 32.5. The number of carbonyl (C=O) groups excluding carboxylic acids is 1. The van der Waals surface area contributed by atoms with Gasteiger partial charge in [0, 0.05) is 31.3 Å². The van der Waals surface area contributed by atoms with Crippen LogP contribution in [0.1, 0.15) is 79.6 Å². The number of hydrogen-bond acceptors (Lipinski definition) is 9. The van der Waals surface area contributed by atoms with Gasteiger partial charge in [-0.15, -0.1) is 0 Å². The lowest BCUT2D eigenvalue weighted by molar-refractivity contribution is -0.159. The van der Waals surface area contributed by atoms with Gasteiger partial charge < -0.3 is 40.1 Å². The lowest BCUT2D eigenvalue weighted by atomic mass is 9.81. The molecule has 248 valence electrons. The largest absolute Gasteiger partial charge is 0.462 e. The van der Waals surface area contributed by atoms with E-state index in [1.165, 1.54) is 0 Å². The van der Waals surface area contributed by atoms with Crippen molar-refractivity contribution in [3.8, 4) is 0 Å². The van der Waals surface area contributed by atoms with Crippen molar-refractivity contribution in [1.82, 2.24) is 0 Å². The number of ether oxygens (including phenoxy) is 2. The number of aliphatic hydroxyl groups excluding tert-OH is 6. The van der Waals surface area contributed by atoms with Gasteiger partial charge in [0.25, 0.3) is 0 Å². The molecule has 11 atom stereocenters. The maximum Gasteiger partial charge on any atom is 0.308 e. The van der Waals surface area contributed by atoms with Crippen molar-refractivity contribution in [3.63, 3.8) is 0 Å². The summed E-state index contributed by atoms with van der Waals surface area (Å²) in [4.78, 5) is 13.0. The van der Waals surface area contributed by atoms with E-state index in [1.807, 2.05) is 31.2 Å². The Hall–Kier alpha value is -1.85. The second kappa shape index (κ2) is 21.0. The highest BCUT2D eigenvalue weighted by molar-refractivity contribution is 5.70. The molecule has 9 nitrogen and oxygen atoms in total. The van der Waals surface area contributed by atoms with Crippen molar-refractivity contribution < 1.29 is 44.9 Å². The zero-order valence-electron chi connectivity index (χ0n) is 27.0. The van der Waals surface area contributed by atoms with Crippen LogP contribution in [0.5, 0.6) is 0 Å². The van der Waals surface area contributed by atoms with Crippen molar-refractivity contribution in [1.29, 1.82) is 0 Å². The van der Waals surface area contributed by atoms with E-state index < -0.39 is 60.3 Å². The molecule has 0 aromatic heterocycles. The summed E-state index contributed by atoms with van der Waals surface area (Å²) >= 11 is 0. The molecule has 0 spiro atoms. The van der Waals surface area contributed by atoms with Crippen LogP contribution >= 0.6 is 0 Å². The summed E-state index contributed by atoms with van der Waals surface area (Å²) in [6.07, 6.45) is 9.84. The predicted molar refractivity (Wildman–Crippen MR) is 168 cm³/mol. The Morgan fingerprint density at radius 2 is 1.70 bits per heavy atom. The molecule has 0 unspecified atom stereocenters. The average molecular weight is 611 g/mol.